The Bertz CT molecular complexity index is 2180. The third-order valence-corrected chi connectivity index (χ3v) is 10.2. The highest BCUT2D eigenvalue weighted by Crippen LogP contribution is 2.41. The molecule has 0 spiro atoms. The Morgan fingerprint density at radius 3 is 1.68 bits per heavy atom. The van der Waals surface area contributed by atoms with Crippen LogP contribution in [-0.2, 0) is 23.8 Å². The number of rotatable bonds is 18. The first-order valence-corrected chi connectivity index (χ1v) is 20.2. The van der Waals surface area contributed by atoms with Crippen LogP contribution in [0.1, 0.15) is 66.7 Å². The Morgan fingerprint density at radius 1 is 0.627 bits per heavy atom. The van der Waals surface area contributed by atoms with Gasteiger partial charge >= 0.3 is 17.9 Å². The van der Waals surface area contributed by atoms with Gasteiger partial charge in [-0.3, -0.25) is 9.59 Å². The number of carbonyl (C=O) groups excluding carboxylic acids is 4. The molecule has 0 radical (unpaired) electrons. The third kappa shape index (κ3) is 12.5. The molecule has 1 aliphatic rings. The van der Waals surface area contributed by atoms with Crippen molar-refractivity contribution in [2.75, 3.05) is 6.61 Å². The summed E-state index contributed by atoms with van der Waals surface area (Å²) in [6.07, 6.45) is 7.95. The van der Waals surface area contributed by atoms with Crippen molar-refractivity contribution in [3.63, 3.8) is 0 Å². The van der Waals surface area contributed by atoms with Gasteiger partial charge in [-0.25, -0.2) is 9.59 Å². The molecule has 0 unspecified atom stereocenters. The Hall–Kier alpha value is -6.54. The molecule has 0 saturated heterocycles. The van der Waals surface area contributed by atoms with Crippen molar-refractivity contribution in [2.24, 2.45) is 11.8 Å². The van der Waals surface area contributed by atoms with Gasteiger partial charge < -0.3 is 18.9 Å². The van der Waals surface area contributed by atoms with E-state index in [-0.39, 0.29) is 36.8 Å². The molecule has 0 amide bonds. The van der Waals surface area contributed by atoms with Gasteiger partial charge in [-0.05, 0) is 97.8 Å². The summed E-state index contributed by atoms with van der Waals surface area (Å²) in [6.45, 7) is 3.47. The maximum absolute atomic E-state index is 13.8. The van der Waals surface area contributed by atoms with Crippen LogP contribution >= 0.6 is 0 Å². The van der Waals surface area contributed by atoms with Crippen LogP contribution in [0.3, 0.4) is 0 Å². The second-order valence-electron chi connectivity index (χ2n) is 14.8. The fourth-order valence-electron chi connectivity index (χ4n) is 7.19. The van der Waals surface area contributed by atoms with E-state index in [0.29, 0.717) is 42.6 Å². The van der Waals surface area contributed by atoms with Gasteiger partial charge in [0.15, 0.2) is 12.4 Å². The molecule has 4 atom stereocenters. The maximum atomic E-state index is 13.8. The average molecular weight is 791 g/mol. The van der Waals surface area contributed by atoms with Crippen LogP contribution in [0.25, 0.3) is 22.3 Å². The van der Waals surface area contributed by atoms with Crippen LogP contribution < -0.4 is 4.74 Å². The summed E-state index contributed by atoms with van der Waals surface area (Å²) in [7, 11) is 0. The zero-order valence-corrected chi connectivity index (χ0v) is 33.5. The van der Waals surface area contributed by atoms with Gasteiger partial charge in [0.05, 0.1) is 17.2 Å². The van der Waals surface area contributed by atoms with E-state index in [1.54, 1.807) is 42.5 Å². The van der Waals surface area contributed by atoms with E-state index in [2.05, 4.69) is 0 Å². The lowest BCUT2D eigenvalue weighted by atomic mass is 9.89. The number of ether oxygens (including phenoxy) is 4. The number of benzene rings is 5. The normalized spacial score (nSPS) is 17.5. The molecule has 0 heterocycles. The molecule has 0 bridgehead atoms. The zero-order chi connectivity index (χ0) is 41.4. The predicted molar refractivity (Wildman–Crippen MR) is 229 cm³/mol. The molecule has 59 heavy (non-hydrogen) atoms. The summed E-state index contributed by atoms with van der Waals surface area (Å²) in [4.78, 5) is 52.7. The first-order valence-electron chi connectivity index (χ1n) is 20.2. The van der Waals surface area contributed by atoms with Crippen LogP contribution in [0.2, 0.25) is 0 Å². The summed E-state index contributed by atoms with van der Waals surface area (Å²) >= 11 is 0. The molecule has 0 N–H and O–H groups in total. The van der Waals surface area contributed by atoms with Crippen molar-refractivity contribution in [2.45, 2.75) is 64.3 Å². The van der Waals surface area contributed by atoms with Gasteiger partial charge in [-0.2, -0.15) is 0 Å². The van der Waals surface area contributed by atoms with Gasteiger partial charge in [-0.1, -0.05) is 121 Å². The van der Waals surface area contributed by atoms with Crippen LogP contribution in [0.5, 0.6) is 5.75 Å². The van der Waals surface area contributed by atoms with Gasteiger partial charge in [0.25, 0.3) is 0 Å². The number of para-hydroxylation sites is 1. The molecule has 6 rings (SSSR count). The van der Waals surface area contributed by atoms with Crippen molar-refractivity contribution in [1.82, 2.24) is 0 Å². The summed E-state index contributed by atoms with van der Waals surface area (Å²) < 4.78 is 23.5. The second-order valence-corrected chi connectivity index (χ2v) is 14.8. The van der Waals surface area contributed by atoms with Crippen molar-refractivity contribution in [3.8, 4) is 28.0 Å². The number of esters is 3. The fraction of sp³-hybridized carbons (Fsp3) is 0.255. The van der Waals surface area contributed by atoms with Crippen LogP contribution in [-0.4, -0.2) is 48.6 Å². The minimum Gasteiger partial charge on any atom is -0.485 e. The zero-order valence-electron chi connectivity index (χ0n) is 33.5. The average Bonchev–Trinajstić information content (AvgIpc) is 3.58. The monoisotopic (exact) mass is 790 g/mol. The highest BCUT2D eigenvalue weighted by atomic mass is 16.6. The minimum atomic E-state index is -0.710. The topological polar surface area (TPSA) is 105 Å². The highest BCUT2D eigenvalue weighted by molar-refractivity contribution is 5.92. The Morgan fingerprint density at radius 2 is 1.14 bits per heavy atom. The lowest BCUT2D eigenvalue weighted by Crippen LogP contribution is -2.26. The van der Waals surface area contributed by atoms with Crippen LogP contribution in [0.4, 0.5) is 0 Å². The van der Waals surface area contributed by atoms with Gasteiger partial charge in [-0.15, -0.1) is 0 Å². The van der Waals surface area contributed by atoms with Crippen molar-refractivity contribution < 1.29 is 38.1 Å². The molecule has 1 saturated carbocycles. The molecule has 1 fully saturated rings. The number of hydrogen-bond acceptors (Lipinski definition) is 8. The van der Waals surface area contributed by atoms with E-state index in [0.717, 1.165) is 22.3 Å². The lowest BCUT2D eigenvalue weighted by molar-refractivity contribution is -0.147. The van der Waals surface area contributed by atoms with E-state index in [4.69, 9.17) is 18.9 Å². The Kier molecular flexibility index (Phi) is 15.2. The van der Waals surface area contributed by atoms with Gasteiger partial charge in [0, 0.05) is 24.7 Å². The number of unbranched alkanes of at least 4 members (excludes halogenated alkanes) is 1. The Balaban J connectivity index is 1.23. The Labute approximate surface area is 346 Å². The summed E-state index contributed by atoms with van der Waals surface area (Å²) in [6, 6.07) is 43.4. The maximum Gasteiger partial charge on any atom is 0.338 e. The number of ketones is 1. The van der Waals surface area contributed by atoms with Gasteiger partial charge in [0.1, 0.15) is 18.0 Å². The second kappa shape index (κ2) is 21.3. The first kappa shape index (κ1) is 42.1. The largest absolute Gasteiger partial charge is 0.485 e. The predicted octanol–water partition coefficient (Wildman–Crippen LogP) is 10.7. The molecule has 0 aromatic heterocycles. The molecule has 0 aliphatic heterocycles. The fourth-order valence-corrected chi connectivity index (χ4v) is 7.19. The van der Waals surface area contributed by atoms with E-state index in [9.17, 15) is 19.2 Å². The number of hydrogen-bond donors (Lipinski definition) is 0. The van der Waals surface area contributed by atoms with E-state index in [1.807, 2.05) is 129 Å². The molecular formula is C51H50O8. The minimum absolute atomic E-state index is 0.167. The van der Waals surface area contributed by atoms with E-state index >= 15 is 0 Å². The third-order valence-electron chi connectivity index (χ3n) is 10.2. The number of carbonyl (C=O) groups is 4. The summed E-state index contributed by atoms with van der Waals surface area (Å²) in [5.41, 5.74) is 4.77. The summed E-state index contributed by atoms with van der Waals surface area (Å²) in [5, 5.41) is 0. The van der Waals surface area contributed by atoms with E-state index in [1.165, 1.54) is 6.08 Å². The molecule has 302 valence electrons. The van der Waals surface area contributed by atoms with Crippen molar-refractivity contribution in [3.05, 3.63) is 175 Å². The SMILES string of the molecule is CC(C)OC(=O)CCCC=CC[C@@H]1[C@@H](C=CC(=O)COc2ccccc2)[C@H](OC(=O)c2ccc(-c3ccccc3)cc2)C[C@@H]1OC(=O)c1ccc(-c2ccccc2)cc1. The molecule has 5 aromatic rings. The van der Waals surface area contributed by atoms with Crippen LogP contribution in [0, 0.1) is 11.8 Å². The quantitative estimate of drug-likeness (QED) is 0.0284. The first-order chi connectivity index (χ1) is 28.7. The molecular weight excluding hydrogens is 741 g/mol. The standard InChI is InChI=1S/C51H50O8/c1-36(2)57-49(53)23-15-4-3-14-22-45-46(33-32-43(52)35-56-44-20-12-7-13-21-44)48(59-51(55)42-30-26-40(27-31-42)38-18-10-6-11-19-38)34-47(45)58-50(54)41-28-24-39(25-29-41)37-16-8-5-9-17-37/h3,5-14,16-21,24-33,36,45-48H,4,15,22-23,34-35H2,1-2H3/t45-,46-,47+,48-/m1/s1. The van der Waals surface area contributed by atoms with E-state index < -0.39 is 30.1 Å². The molecule has 8 heteroatoms. The van der Waals surface area contributed by atoms with Gasteiger partial charge in [0.2, 0.25) is 0 Å². The number of allylic oxidation sites excluding steroid dienone is 2. The molecule has 5 aromatic carbocycles. The lowest BCUT2D eigenvalue weighted by Gasteiger charge is -2.23. The van der Waals surface area contributed by atoms with Crippen molar-refractivity contribution in [1.29, 1.82) is 0 Å². The smallest absolute Gasteiger partial charge is 0.338 e. The molecule has 8 nitrogen and oxygen atoms in total. The summed E-state index contributed by atoms with van der Waals surface area (Å²) in [5.74, 6) is -1.77. The highest BCUT2D eigenvalue weighted by Gasteiger charge is 2.46. The molecule has 1 aliphatic carbocycles. The van der Waals surface area contributed by atoms with Crippen molar-refractivity contribution >= 4 is 23.7 Å². The van der Waals surface area contributed by atoms with Crippen LogP contribution in [0.15, 0.2) is 164 Å².